The average Bonchev–Trinajstić information content (AvgIpc) is 2.93. The van der Waals surface area contributed by atoms with Crippen LogP contribution in [0.25, 0.3) is 0 Å². The number of amides is 1. The number of hydrogen-bond acceptors (Lipinski definition) is 5. The normalized spacial score (nSPS) is 15.3. The Bertz CT molecular complexity index is 724. The molecule has 0 aliphatic carbocycles. The van der Waals surface area contributed by atoms with E-state index in [0.717, 1.165) is 23.7 Å². The third kappa shape index (κ3) is 6.63. The van der Waals surface area contributed by atoms with E-state index in [2.05, 4.69) is 15.2 Å². The molecule has 0 bridgehead atoms. The molecule has 1 aliphatic rings. The molecule has 1 amide bonds. The van der Waals surface area contributed by atoms with Gasteiger partial charge in [0.25, 0.3) is 5.91 Å². The van der Waals surface area contributed by atoms with Crippen molar-refractivity contribution in [2.24, 2.45) is 0 Å². The molecule has 1 saturated heterocycles. The topological polar surface area (TPSA) is 54.5 Å². The van der Waals surface area contributed by atoms with Gasteiger partial charge >= 0.3 is 0 Å². The maximum Gasteiger partial charge on any atom is 0.251 e. The summed E-state index contributed by atoms with van der Waals surface area (Å²) in [7, 11) is 0. The molecule has 0 atom stereocenters. The van der Waals surface area contributed by atoms with E-state index >= 15 is 0 Å². The molecular weight excluding hydrogens is 358 g/mol. The van der Waals surface area contributed by atoms with Crippen LogP contribution in [0.2, 0.25) is 0 Å². The van der Waals surface area contributed by atoms with Crippen molar-refractivity contribution in [3.63, 3.8) is 0 Å². The summed E-state index contributed by atoms with van der Waals surface area (Å²) >= 11 is 1.61. The van der Waals surface area contributed by atoms with Crippen molar-refractivity contribution in [2.45, 2.75) is 45.6 Å². The van der Waals surface area contributed by atoms with Crippen molar-refractivity contribution in [3.05, 3.63) is 45.9 Å². The minimum atomic E-state index is -0.0409. The Morgan fingerprint density at radius 1 is 1.26 bits per heavy atom. The minimum absolute atomic E-state index is 0.0409. The van der Waals surface area contributed by atoms with Gasteiger partial charge in [-0.15, -0.1) is 11.3 Å². The molecule has 146 valence electrons. The van der Waals surface area contributed by atoms with Gasteiger partial charge in [-0.2, -0.15) is 0 Å². The number of thiazole rings is 1. The van der Waals surface area contributed by atoms with Crippen LogP contribution in [0, 0.1) is 6.92 Å². The van der Waals surface area contributed by atoms with Gasteiger partial charge in [-0.05, 0) is 64.0 Å². The second-order valence-corrected chi connectivity index (χ2v) is 8.10. The molecule has 0 unspecified atom stereocenters. The summed E-state index contributed by atoms with van der Waals surface area (Å²) in [4.78, 5) is 19.3. The van der Waals surface area contributed by atoms with Gasteiger partial charge in [0, 0.05) is 17.5 Å². The Balaban J connectivity index is 1.41. The summed E-state index contributed by atoms with van der Waals surface area (Å²) in [6, 6.07) is 7.34. The van der Waals surface area contributed by atoms with Crippen molar-refractivity contribution >= 4 is 17.2 Å². The highest BCUT2D eigenvalue weighted by Gasteiger charge is 2.10. The molecule has 5 nitrogen and oxygen atoms in total. The number of aryl methyl sites for hydroxylation is 1. The first-order valence-corrected chi connectivity index (χ1v) is 10.7. The lowest BCUT2D eigenvalue weighted by Gasteiger charge is -2.19. The standard InChI is InChI=1S/C21H29N3O2S/c1-17-23-19(16-27-17)15-26-20-9-6-8-18(14-20)21(25)22-10-7-13-24-11-4-2-3-5-12-24/h6,8-9,14,16H,2-5,7,10-13,15H2,1H3,(H,22,25). The summed E-state index contributed by atoms with van der Waals surface area (Å²) in [6.07, 6.45) is 6.31. The van der Waals surface area contributed by atoms with Crippen molar-refractivity contribution in [2.75, 3.05) is 26.2 Å². The monoisotopic (exact) mass is 387 g/mol. The van der Waals surface area contributed by atoms with Crippen LogP contribution in [0.4, 0.5) is 0 Å². The highest BCUT2D eigenvalue weighted by Crippen LogP contribution is 2.16. The zero-order valence-electron chi connectivity index (χ0n) is 16.1. The van der Waals surface area contributed by atoms with Crippen LogP contribution in [-0.4, -0.2) is 42.0 Å². The predicted octanol–water partition coefficient (Wildman–Crippen LogP) is 4.03. The van der Waals surface area contributed by atoms with Crippen LogP contribution in [-0.2, 0) is 6.61 Å². The van der Waals surface area contributed by atoms with Gasteiger partial charge < -0.3 is 15.0 Å². The van der Waals surface area contributed by atoms with Gasteiger partial charge in [0.1, 0.15) is 12.4 Å². The molecule has 0 saturated carbocycles. The Hall–Kier alpha value is -1.92. The lowest BCUT2D eigenvalue weighted by atomic mass is 10.2. The minimum Gasteiger partial charge on any atom is -0.487 e. The van der Waals surface area contributed by atoms with E-state index in [1.165, 1.54) is 38.8 Å². The van der Waals surface area contributed by atoms with E-state index in [1.807, 2.05) is 30.5 Å². The first kappa shape index (κ1) is 19.8. The molecule has 2 heterocycles. The highest BCUT2D eigenvalue weighted by atomic mass is 32.1. The highest BCUT2D eigenvalue weighted by molar-refractivity contribution is 7.09. The first-order chi connectivity index (χ1) is 13.2. The fourth-order valence-electron chi connectivity index (χ4n) is 3.33. The van der Waals surface area contributed by atoms with Gasteiger partial charge in [-0.3, -0.25) is 4.79 Å². The zero-order chi connectivity index (χ0) is 18.9. The molecule has 27 heavy (non-hydrogen) atoms. The summed E-state index contributed by atoms with van der Waals surface area (Å²) in [6.45, 7) is 6.57. The largest absolute Gasteiger partial charge is 0.487 e. The Kier molecular flexibility index (Phi) is 7.66. The summed E-state index contributed by atoms with van der Waals surface area (Å²) in [5, 5.41) is 6.05. The van der Waals surface area contributed by atoms with Crippen molar-refractivity contribution in [3.8, 4) is 5.75 Å². The second kappa shape index (κ2) is 10.4. The van der Waals surface area contributed by atoms with E-state index in [4.69, 9.17) is 4.74 Å². The number of likely N-dealkylation sites (tertiary alicyclic amines) is 1. The molecule has 1 N–H and O–H groups in total. The maximum absolute atomic E-state index is 12.4. The molecule has 1 fully saturated rings. The first-order valence-electron chi connectivity index (χ1n) is 9.85. The van der Waals surface area contributed by atoms with E-state index < -0.39 is 0 Å². The molecule has 0 radical (unpaired) electrons. The number of hydrogen-bond donors (Lipinski definition) is 1. The Labute approximate surface area is 165 Å². The SMILES string of the molecule is Cc1nc(COc2cccc(C(=O)NCCCN3CCCCCC3)c2)cs1. The number of ether oxygens (including phenoxy) is 1. The molecule has 0 spiro atoms. The van der Waals surface area contributed by atoms with Crippen LogP contribution >= 0.6 is 11.3 Å². The molecular formula is C21H29N3O2S. The molecule has 6 heteroatoms. The van der Waals surface area contributed by atoms with Crippen LogP contribution in [0.1, 0.15) is 53.2 Å². The lowest BCUT2D eigenvalue weighted by molar-refractivity contribution is 0.0951. The number of nitrogens with zero attached hydrogens (tertiary/aromatic N) is 2. The number of nitrogens with one attached hydrogen (secondary N) is 1. The van der Waals surface area contributed by atoms with Crippen molar-refractivity contribution in [1.82, 2.24) is 15.2 Å². The smallest absolute Gasteiger partial charge is 0.251 e. The molecule has 3 rings (SSSR count). The molecule has 1 aromatic heterocycles. The van der Waals surface area contributed by atoms with E-state index in [9.17, 15) is 4.79 Å². The second-order valence-electron chi connectivity index (χ2n) is 7.04. The number of carbonyl (C=O) groups is 1. The zero-order valence-corrected chi connectivity index (χ0v) is 16.9. The van der Waals surface area contributed by atoms with Gasteiger partial charge in [0.05, 0.1) is 10.7 Å². The van der Waals surface area contributed by atoms with E-state index in [0.29, 0.717) is 24.5 Å². The van der Waals surface area contributed by atoms with Crippen LogP contribution in [0.3, 0.4) is 0 Å². The Morgan fingerprint density at radius 2 is 2.07 bits per heavy atom. The van der Waals surface area contributed by atoms with Gasteiger partial charge in [-0.1, -0.05) is 18.9 Å². The molecule has 1 aliphatic heterocycles. The van der Waals surface area contributed by atoms with Crippen molar-refractivity contribution < 1.29 is 9.53 Å². The number of benzene rings is 1. The van der Waals surface area contributed by atoms with Gasteiger partial charge in [0.2, 0.25) is 0 Å². The van der Waals surface area contributed by atoms with E-state index in [1.54, 1.807) is 17.4 Å². The van der Waals surface area contributed by atoms with Crippen LogP contribution in [0.5, 0.6) is 5.75 Å². The van der Waals surface area contributed by atoms with E-state index in [-0.39, 0.29) is 5.91 Å². The number of carbonyl (C=O) groups excluding carboxylic acids is 1. The lowest BCUT2D eigenvalue weighted by Crippen LogP contribution is -2.30. The van der Waals surface area contributed by atoms with Crippen LogP contribution < -0.4 is 10.1 Å². The Morgan fingerprint density at radius 3 is 2.81 bits per heavy atom. The quantitative estimate of drug-likeness (QED) is 0.695. The van der Waals surface area contributed by atoms with Gasteiger partial charge in [-0.25, -0.2) is 4.98 Å². The van der Waals surface area contributed by atoms with Crippen molar-refractivity contribution in [1.29, 1.82) is 0 Å². The number of rotatable bonds is 8. The summed E-state index contributed by atoms with van der Waals surface area (Å²) < 4.78 is 5.77. The molecule has 1 aromatic carbocycles. The fourth-order valence-corrected chi connectivity index (χ4v) is 3.92. The summed E-state index contributed by atoms with van der Waals surface area (Å²) in [5.74, 6) is 0.652. The predicted molar refractivity (Wildman–Crippen MR) is 109 cm³/mol. The molecule has 2 aromatic rings. The van der Waals surface area contributed by atoms with Crippen LogP contribution in [0.15, 0.2) is 29.6 Å². The fraction of sp³-hybridized carbons (Fsp3) is 0.524. The average molecular weight is 388 g/mol. The number of aromatic nitrogens is 1. The van der Waals surface area contributed by atoms with Gasteiger partial charge in [0.15, 0.2) is 0 Å². The maximum atomic E-state index is 12.4. The summed E-state index contributed by atoms with van der Waals surface area (Å²) in [5.41, 5.74) is 1.55. The third-order valence-corrected chi connectivity index (χ3v) is 5.61. The third-order valence-electron chi connectivity index (χ3n) is 4.78.